The largest absolute Gasteiger partial charge is 0.494 e. The lowest BCUT2D eigenvalue weighted by molar-refractivity contribution is 0.112. The van der Waals surface area contributed by atoms with Crippen LogP contribution in [0.4, 0.5) is 0 Å². The van der Waals surface area contributed by atoms with Crippen molar-refractivity contribution in [3.05, 3.63) is 36.0 Å². The molecule has 0 aliphatic carbocycles. The standard InChI is InChI=1S/C17H22N2O2/c1-4-10-21-16-8-6-14(7-9-16)17-15(12-20)11-19(18-17)13(3)5-2/h6-9,11-13H,4-5,10H2,1-3H3. The first kappa shape index (κ1) is 15.3. The molecule has 1 unspecified atom stereocenters. The van der Waals surface area contributed by atoms with E-state index in [0.717, 1.165) is 36.1 Å². The summed E-state index contributed by atoms with van der Waals surface area (Å²) in [6, 6.07) is 8.01. The van der Waals surface area contributed by atoms with Crippen molar-refractivity contribution in [1.82, 2.24) is 9.78 Å². The third-order valence-corrected chi connectivity index (χ3v) is 3.53. The molecular formula is C17H22N2O2. The number of carbonyl (C=O) groups excluding carboxylic acids is 1. The molecule has 0 fully saturated rings. The fourth-order valence-electron chi connectivity index (χ4n) is 2.06. The molecule has 112 valence electrons. The SMILES string of the molecule is CCCOc1ccc(-c2nn(C(C)CC)cc2C=O)cc1. The minimum Gasteiger partial charge on any atom is -0.494 e. The zero-order chi connectivity index (χ0) is 15.2. The van der Waals surface area contributed by atoms with E-state index >= 15 is 0 Å². The number of aromatic nitrogens is 2. The molecule has 4 heteroatoms. The number of hydrogen-bond acceptors (Lipinski definition) is 3. The highest BCUT2D eigenvalue weighted by atomic mass is 16.5. The number of rotatable bonds is 7. The summed E-state index contributed by atoms with van der Waals surface area (Å²) < 4.78 is 7.43. The Morgan fingerprint density at radius 1 is 1.29 bits per heavy atom. The van der Waals surface area contributed by atoms with Crippen molar-refractivity contribution in [2.45, 2.75) is 39.7 Å². The highest BCUT2D eigenvalue weighted by molar-refractivity contribution is 5.85. The summed E-state index contributed by atoms with van der Waals surface area (Å²) in [6.07, 6.45) is 4.64. The van der Waals surface area contributed by atoms with E-state index in [1.807, 2.05) is 35.1 Å². The number of ether oxygens (including phenoxy) is 1. The highest BCUT2D eigenvalue weighted by Gasteiger charge is 2.13. The van der Waals surface area contributed by atoms with Crippen molar-refractivity contribution < 1.29 is 9.53 Å². The lowest BCUT2D eigenvalue weighted by atomic mass is 10.1. The zero-order valence-corrected chi connectivity index (χ0v) is 12.9. The van der Waals surface area contributed by atoms with Crippen LogP contribution in [-0.4, -0.2) is 22.7 Å². The molecule has 1 aromatic heterocycles. The average Bonchev–Trinajstić information content (AvgIpc) is 2.97. The molecule has 0 amide bonds. The first-order valence-corrected chi connectivity index (χ1v) is 7.47. The van der Waals surface area contributed by atoms with Crippen molar-refractivity contribution >= 4 is 6.29 Å². The second-order valence-corrected chi connectivity index (χ2v) is 5.16. The minimum atomic E-state index is 0.282. The van der Waals surface area contributed by atoms with Crippen LogP contribution in [0.1, 0.15) is 50.0 Å². The van der Waals surface area contributed by atoms with E-state index < -0.39 is 0 Å². The van der Waals surface area contributed by atoms with Gasteiger partial charge >= 0.3 is 0 Å². The summed E-state index contributed by atoms with van der Waals surface area (Å²) in [7, 11) is 0. The molecule has 21 heavy (non-hydrogen) atoms. The van der Waals surface area contributed by atoms with Crippen molar-refractivity contribution in [2.75, 3.05) is 6.61 Å². The van der Waals surface area contributed by atoms with Crippen LogP contribution in [0.25, 0.3) is 11.3 Å². The maximum Gasteiger partial charge on any atom is 0.153 e. The Labute approximate surface area is 125 Å². The van der Waals surface area contributed by atoms with E-state index in [-0.39, 0.29) is 6.04 Å². The molecule has 0 saturated carbocycles. The van der Waals surface area contributed by atoms with Gasteiger partial charge in [-0.3, -0.25) is 9.48 Å². The van der Waals surface area contributed by atoms with Crippen LogP contribution in [0, 0.1) is 0 Å². The Balaban J connectivity index is 2.28. The van der Waals surface area contributed by atoms with Crippen LogP contribution >= 0.6 is 0 Å². The van der Waals surface area contributed by atoms with Crippen molar-refractivity contribution in [1.29, 1.82) is 0 Å². The number of hydrogen-bond donors (Lipinski definition) is 0. The summed E-state index contributed by atoms with van der Waals surface area (Å²) >= 11 is 0. The van der Waals surface area contributed by atoms with Crippen LogP contribution < -0.4 is 4.74 Å². The zero-order valence-electron chi connectivity index (χ0n) is 12.9. The monoisotopic (exact) mass is 286 g/mol. The van der Waals surface area contributed by atoms with Crippen LogP contribution in [0.15, 0.2) is 30.5 Å². The normalized spacial score (nSPS) is 12.1. The van der Waals surface area contributed by atoms with E-state index in [1.54, 1.807) is 0 Å². The van der Waals surface area contributed by atoms with Gasteiger partial charge in [-0.15, -0.1) is 0 Å². The maximum atomic E-state index is 11.3. The predicted molar refractivity (Wildman–Crippen MR) is 83.8 cm³/mol. The quantitative estimate of drug-likeness (QED) is 0.719. The summed E-state index contributed by atoms with van der Waals surface area (Å²) in [5.41, 5.74) is 2.29. The first-order valence-electron chi connectivity index (χ1n) is 7.47. The van der Waals surface area contributed by atoms with Crippen molar-refractivity contribution in [3.63, 3.8) is 0 Å². The molecule has 0 aliphatic rings. The Bertz CT molecular complexity index is 587. The van der Waals surface area contributed by atoms with Crippen LogP contribution in [0.5, 0.6) is 5.75 Å². The van der Waals surface area contributed by atoms with E-state index in [4.69, 9.17) is 4.74 Å². The number of benzene rings is 1. The third kappa shape index (κ3) is 3.51. The number of carbonyl (C=O) groups is 1. The van der Waals surface area contributed by atoms with Gasteiger partial charge in [-0.25, -0.2) is 0 Å². The Morgan fingerprint density at radius 3 is 2.57 bits per heavy atom. The summed E-state index contributed by atoms with van der Waals surface area (Å²) in [5, 5.41) is 4.56. The lowest BCUT2D eigenvalue weighted by Gasteiger charge is -2.08. The van der Waals surface area contributed by atoms with Gasteiger partial charge in [-0.2, -0.15) is 5.10 Å². The van der Waals surface area contributed by atoms with Gasteiger partial charge in [-0.1, -0.05) is 13.8 Å². The second kappa shape index (κ2) is 7.07. The Hall–Kier alpha value is -2.10. The predicted octanol–water partition coefficient (Wildman–Crippen LogP) is 4.12. The first-order chi connectivity index (χ1) is 10.2. The van der Waals surface area contributed by atoms with Gasteiger partial charge < -0.3 is 4.74 Å². The molecular weight excluding hydrogens is 264 g/mol. The highest BCUT2D eigenvalue weighted by Crippen LogP contribution is 2.25. The summed E-state index contributed by atoms with van der Waals surface area (Å²) in [5.74, 6) is 0.842. The molecule has 2 aromatic rings. The number of nitrogens with zero attached hydrogens (tertiary/aromatic N) is 2. The van der Waals surface area contributed by atoms with Gasteiger partial charge in [0.1, 0.15) is 11.4 Å². The van der Waals surface area contributed by atoms with Gasteiger partial charge in [0.05, 0.1) is 12.2 Å². The molecule has 1 aromatic carbocycles. The molecule has 0 bridgehead atoms. The van der Waals surface area contributed by atoms with E-state index in [9.17, 15) is 4.79 Å². The van der Waals surface area contributed by atoms with Gasteiger partial charge in [0.25, 0.3) is 0 Å². The average molecular weight is 286 g/mol. The molecule has 1 heterocycles. The number of aldehydes is 1. The molecule has 0 aliphatic heterocycles. The van der Waals surface area contributed by atoms with Gasteiger partial charge in [-0.05, 0) is 44.0 Å². The molecule has 1 atom stereocenters. The molecule has 0 radical (unpaired) electrons. The van der Waals surface area contributed by atoms with Crippen LogP contribution in [0.2, 0.25) is 0 Å². The van der Waals surface area contributed by atoms with E-state index in [1.165, 1.54) is 0 Å². The maximum absolute atomic E-state index is 11.3. The molecule has 2 rings (SSSR count). The second-order valence-electron chi connectivity index (χ2n) is 5.16. The summed E-state index contributed by atoms with van der Waals surface area (Å²) in [4.78, 5) is 11.3. The van der Waals surface area contributed by atoms with Crippen LogP contribution in [-0.2, 0) is 0 Å². The van der Waals surface area contributed by atoms with Crippen molar-refractivity contribution in [2.24, 2.45) is 0 Å². The third-order valence-electron chi connectivity index (χ3n) is 3.53. The molecule has 0 N–H and O–H groups in total. The van der Waals surface area contributed by atoms with Gasteiger partial charge in [0, 0.05) is 17.8 Å². The van der Waals surface area contributed by atoms with Crippen molar-refractivity contribution in [3.8, 4) is 17.0 Å². The summed E-state index contributed by atoms with van der Waals surface area (Å²) in [6.45, 7) is 6.98. The van der Waals surface area contributed by atoms with E-state index in [0.29, 0.717) is 12.2 Å². The Kier molecular flexibility index (Phi) is 5.14. The molecule has 0 saturated heterocycles. The fraction of sp³-hybridized carbons (Fsp3) is 0.412. The van der Waals surface area contributed by atoms with E-state index in [2.05, 4.69) is 25.9 Å². The smallest absolute Gasteiger partial charge is 0.153 e. The topological polar surface area (TPSA) is 44.1 Å². The Morgan fingerprint density at radius 2 is 2.00 bits per heavy atom. The fourth-order valence-corrected chi connectivity index (χ4v) is 2.06. The molecule has 4 nitrogen and oxygen atoms in total. The minimum absolute atomic E-state index is 0.282. The molecule has 0 spiro atoms. The van der Waals surface area contributed by atoms with Gasteiger partial charge in [0.15, 0.2) is 6.29 Å². The lowest BCUT2D eigenvalue weighted by Crippen LogP contribution is -2.04. The van der Waals surface area contributed by atoms with Gasteiger partial charge in [0.2, 0.25) is 0 Å². The van der Waals surface area contributed by atoms with Crippen LogP contribution in [0.3, 0.4) is 0 Å².